The number of hydrazine groups is 1. The molecule has 9 nitrogen and oxygen atoms in total. The Morgan fingerprint density at radius 3 is 2.31 bits per heavy atom. The molecule has 1 heterocycles. The van der Waals surface area contributed by atoms with Gasteiger partial charge in [0.2, 0.25) is 0 Å². The molecule has 1 aliphatic heterocycles. The Morgan fingerprint density at radius 2 is 1.69 bits per heavy atom. The molecule has 186 valence electrons. The molecule has 0 saturated heterocycles. The van der Waals surface area contributed by atoms with Crippen LogP contribution in [0.15, 0.2) is 59.1 Å². The molecule has 2 aromatic rings. The van der Waals surface area contributed by atoms with Crippen LogP contribution in [0.5, 0.6) is 17.2 Å². The molecule has 1 aliphatic carbocycles. The molecule has 1 unspecified atom stereocenters. The van der Waals surface area contributed by atoms with Crippen molar-refractivity contribution in [2.45, 2.75) is 32.1 Å². The van der Waals surface area contributed by atoms with Crippen LogP contribution in [0.2, 0.25) is 0 Å². The topological polar surface area (TPSA) is 127 Å². The van der Waals surface area contributed by atoms with Crippen molar-refractivity contribution in [3.63, 3.8) is 0 Å². The van der Waals surface area contributed by atoms with Gasteiger partial charge >= 0.3 is 0 Å². The molecule has 4 rings (SSSR count). The minimum Gasteiger partial charge on any atom is -0.496 e. The van der Waals surface area contributed by atoms with Gasteiger partial charge < -0.3 is 19.9 Å². The van der Waals surface area contributed by atoms with E-state index in [0.29, 0.717) is 58.9 Å². The van der Waals surface area contributed by atoms with Crippen molar-refractivity contribution in [1.29, 1.82) is 5.26 Å². The first-order valence-electron chi connectivity index (χ1n) is 11.5. The Hall–Kier alpha value is -4.45. The number of rotatable bonds is 6. The summed E-state index contributed by atoms with van der Waals surface area (Å²) in [6.45, 7) is 1.93. The summed E-state index contributed by atoms with van der Waals surface area (Å²) in [5.74, 6) is 0.0225. The summed E-state index contributed by atoms with van der Waals surface area (Å²) < 4.78 is 16.5. The van der Waals surface area contributed by atoms with Gasteiger partial charge in [-0.15, -0.1) is 0 Å². The van der Waals surface area contributed by atoms with Crippen LogP contribution in [0.1, 0.15) is 46.7 Å². The van der Waals surface area contributed by atoms with Gasteiger partial charge in [0.25, 0.3) is 5.91 Å². The highest BCUT2D eigenvalue weighted by atomic mass is 16.5. The summed E-state index contributed by atoms with van der Waals surface area (Å²) in [5, 5.41) is 11.6. The molecule has 0 bridgehead atoms. The van der Waals surface area contributed by atoms with Crippen molar-refractivity contribution in [2.24, 2.45) is 5.73 Å². The number of nitriles is 1. The van der Waals surface area contributed by atoms with Gasteiger partial charge in [-0.05, 0) is 38.0 Å². The number of aryl methyl sites for hydroxylation is 1. The average Bonchev–Trinajstić information content (AvgIpc) is 2.89. The molecular weight excluding hydrogens is 460 g/mol. The summed E-state index contributed by atoms with van der Waals surface area (Å²) in [7, 11) is 4.51. The molecule has 2 aromatic carbocycles. The summed E-state index contributed by atoms with van der Waals surface area (Å²) >= 11 is 0. The van der Waals surface area contributed by atoms with E-state index in [-0.39, 0.29) is 17.2 Å². The maximum absolute atomic E-state index is 13.3. The molecule has 3 N–H and O–H groups in total. The van der Waals surface area contributed by atoms with E-state index in [1.807, 2.05) is 19.1 Å². The van der Waals surface area contributed by atoms with Crippen molar-refractivity contribution in [2.75, 3.05) is 21.3 Å². The van der Waals surface area contributed by atoms with Gasteiger partial charge in [0, 0.05) is 34.9 Å². The highest BCUT2D eigenvalue weighted by Gasteiger charge is 2.42. The van der Waals surface area contributed by atoms with Gasteiger partial charge in [0.05, 0.1) is 38.9 Å². The third-order valence-electron chi connectivity index (χ3n) is 6.49. The summed E-state index contributed by atoms with van der Waals surface area (Å²) in [6.07, 6.45) is 1.42. The van der Waals surface area contributed by atoms with Crippen LogP contribution in [-0.2, 0) is 4.79 Å². The molecule has 0 aromatic heterocycles. The lowest BCUT2D eigenvalue weighted by molar-refractivity contribution is -0.116. The number of ketones is 1. The third kappa shape index (κ3) is 4.22. The number of benzene rings is 2. The fraction of sp³-hybridized carbons (Fsp3) is 0.296. The first-order chi connectivity index (χ1) is 17.3. The van der Waals surface area contributed by atoms with E-state index in [1.165, 1.54) is 26.3 Å². The second-order valence-corrected chi connectivity index (χ2v) is 8.57. The maximum atomic E-state index is 13.3. The van der Waals surface area contributed by atoms with Crippen LogP contribution in [-0.4, -0.2) is 38.0 Å². The third-order valence-corrected chi connectivity index (χ3v) is 6.49. The van der Waals surface area contributed by atoms with Crippen molar-refractivity contribution in [3.8, 4) is 23.3 Å². The molecule has 0 fully saturated rings. The van der Waals surface area contributed by atoms with E-state index in [4.69, 9.17) is 19.9 Å². The Kier molecular flexibility index (Phi) is 6.88. The fourth-order valence-electron chi connectivity index (χ4n) is 4.67. The zero-order valence-corrected chi connectivity index (χ0v) is 20.7. The van der Waals surface area contributed by atoms with E-state index in [1.54, 1.807) is 24.3 Å². The first kappa shape index (κ1) is 24.7. The number of hydrogen-bond acceptors (Lipinski definition) is 8. The number of hydrogen-bond donors (Lipinski definition) is 2. The van der Waals surface area contributed by atoms with E-state index >= 15 is 0 Å². The number of allylic oxidation sites excluding steroid dienone is 3. The zero-order chi connectivity index (χ0) is 26.0. The number of methoxy groups -OCH3 is 3. The fourth-order valence-corrected chi connectivity index (χ4v) is 4.67. The predicted molar refractivity (Wildman–Crippen MR) is 132 cm³/mol. The molecular formula is C27H28N4O5. The van der Waals surface area contributed by atoms with Crippen LogP contribution in [0.3, 0.4) is 0 Å². The van der Waals surface area contributed by atoms with Crippen LogP contribution < -0.4 is 25.4 Å². The van der Waals surface area contributed by atoms with E-state index < -0.39 is 11.8 Å². The SMILES string of the molecule is COc1cc(OC)c(C2C(C#N)=C(N)N(NC(=O)c3ccc(C)cc3)C3=C2C(=O)CCC3)cc1OC. The van der Waals surface area contributed by atoms with Gasteiger partial charge in [-0.3, -0.25) is 15.0 Å². The number of amides is 1. The van der Waals surface area contributed by atoms with Crippen molar-refractivity contribution >= 4 is 11.7 Å². The highest BCUT2D eigenvalue weighted by molar-refractivity contribution is 6.00. The first-order valence-corrected chi connectivity index (χ1v) is 11.5. The zero-order valence-electron chi connectivity index (χ0n) is 20.7. The minimum absolute atomic E-state index is 0.0493. The quantitative estimate of drug-likeness (QED) is 0.633. The number of carbonyl (C=O) groups is 2. The lowest BCUT2D eigenvalue weighted by atomic mass is 9.75. The monoisotopic (exact) mass is 488 g/mol. The molecule has 1 amide bonds. The Labute approximate surface area is 209 Å². The molecule has 2 aliphatic rings. The normalized spacial score (nSPS) is 17.4. The van der Waals surface area contributed by atoms with E-state index in [9.17, 15) is 14.9 Å². The predicted octanol–water partition coefficient (Wildman–Crippen LogP) is 3.47. The lowest BCUT2D eigenvalue weighted by Gasteiger charge is -2.39. The maximum Gasteiger partial charge on any atom is 0.270 e. The van der Waals surface area contributed by atoms with Crippen molar-refractivity contribution in [3.05, 3.63) is 75.8 Å². The average molecular weight is 489 g/mol. The van der Waals surface area contributed by atoms with Crippen LogP contribution in [0, 0.1) is 18.3 Å². The molecule has 0 spiro atoms. The summed E-state index contributed by atoms with van der Waals surface area (Å²) in [4.78, 5) is 26.4. The number of Topliss-reactive ketones (excluding diaryl/α,β-unsaturated/α-hetero) is 1. The Morgan fingerprint density at radius 1 is 1.06 bits per heavy atom. The second kappa shape index (κ2) is 10.0. The summed E-state index contributed by atoms with van der Waals surface area (Å²) in [5.41, 5.74) is 12.4. The van der Waals surface area contributed by atoms with Crippen LogP contribution in [0.25, 0.3) is 0 Å². The molecule has 1 atom stereocenters. The second-order valence-electron chi connectivity index (χ2n) is 8.57. The minimum atomic E-state index is -0.792. The number of nitrogens with one attached hydrogen (secondary N) is 1. The van der Waals surface area contributed by atoms with Gasteiger partial charge in [-0.2, -0.15) is 5.26 Å². The molecule has 0 saturated carbocycles. The standard InChI is InChI=1S/C27H28N4O5/c1-15-8-10-16(11-9-15)27(33)30-31-19-6-5-7-20(32)25(19)24(18(14-28)26(31)29)17-12-22(35-3)23(36-4)13-21(17)34-2/h8-13,24H,5-7,29H2,1-4H3,(H,30,33). The van der Waals surface area contributed by atoms with Crippen LogP contribution >= 0.6 is 0 Å². The summed E-state index contributed by atoms with van der Waals surface area (Å²) in [6, 6.07) is 12.6. The van der Waals surface area contributed by atoms with E-state index in [2.05, 4.69) is 11.5 Å². The lowest BCUT2D eigenvalue weighted by Crippen LogP contribution is -2.48. The van der Waals surface area contributed by atoms with Crippen molar-refractivity contribution < 1.29 is 23.8 Å². The molecule has 0 radical (unpaired) electrons. The number of ether oxygens (including phenoxy) is 3. The van der Waals surface area contributed by atoms with Gasteiger partial charge in [-0.1, -0.05) is 17.7 Å². The molecule has 36 heavy (non-hydrogen) atoms. The van der Waals surface area contributed by atoms with Gasteiger partial charge in [0.15, 0.2) is 17.3 Å². The number of carbonyl (C=O) groups excluding carboxylic acids is 2. The number of nitrogens with two attached hydrogens (primary N) is 1. The van der Waals surface area contributed by atoms with Gasteiger partial charge in [-0.25, -0.2) is 5.01 Å². The van der Waals surface area contributed by atoms with Crippen molar-refractivity contribution in [1.82, 2.24) is 10.4 Å². The molecule has 9 heteroatoms. The smallest absolute Gasteiger partial charge is 0.270 e. The number of nitrogens with zero attached hydrogens (tertiary/aromatic N) is 2. The Balaban J connectivity index is 1.87. The Bertz CT molecular complexity index is 1320. The van der Waals surface area contributed by atoms with Crippen LogP contribution in [0.4, 0.5) is 0 Å². The van der Waals surface area contributed by atoms with E-state index in [0.717, 1.165) is 5.56 Å². The largest absolute Gasteiger partial charge is 0.496 e. The van der Waals surface area contributed by atoms with Gasteiger partial charge in [0.1, 0.15) is 11.6 Å². The highest BCUT2D eigenvalue weighted by Crippen LogP contribution is 2.48.